The SMILES string of the molecule is Cc1ccc(F)cc1/C(N)=c1\sccc1=C(N)N. The van der Waals surface area contributed by atoms with Crippen LogP contribution in [0.15, 0.2) is 29.6 Å². The number of hydrogen-bond donors (Lipinski definition) is 3. The van der Waals surface area contributed by atoms with Crippen molar-refractivity contribution < 1.29 is 4.39 Å². The summed E-state index contributed by atoms with van der Waals surface area (Å²) in [5.41, 5.74) is 19.4. The molecular weight excluding hydrogens is 249 g/mol. The first-order chi connectivity index (χ1) is 8.50. The van der Waals surface area contributed by atoms with Gasteiger partial charge in [-0.15, -0.1) is 11.3 Å². The summed E-state index contributed by atoms with van der Waals surface area (Å²) in [6.07, 6.45) is 0. The second-order valence-corrected chi connectivity index (χ2v) is 4.91. The maximum absolute atomic E-state index is 13.3. The van der Waals surface area contributed by atoms with Gasteiger partial charge in [0.05, 0.1) is 10.2 Å². The standard InChI is InChI=1S/C13H14FN3S/c1-7-2-3-8(14)6-10(7)11(15)12-9(13(16)17)4-5-18-12/h2-6H,15-17H2,1H3/b12-11+. The van der Waals surface area contributed by atoms with Crippen molar-refractivity contribution in [3.05, 3.63) is 56.3 Å². The lowest BCUT2D eigenvalue weighted by Gasteiger charge is -2.05. The van der Waals surface area contributed by atoms with Crippen molar-refractivity contribution in [3.8, 4) is 0 Å². The van der Waals surface area contributed by atoms with Crippen molar-refractivity contribution >= 4 is 22.9 Å². The largest absolute Gasteiger partial charge is 0.397 e. The van der Waals surface area contributed by atoms with E-state index >= 15 is 0 Å². The molecule has 0 aliphatic carbocycles. The minimum atomic E-state index is -0.318. The van der Waals surface area contributed by atoms with Crippen molar-refractivity contribution in [1.82, 2.24) is 0 Å². The molecule has 2 aromatic rings. The number of aryl methyl sites for hydroxylation is 1. The van der Waals surface area contributed by atoms with Crippen LogP contribution in [0, 0.1) is 12.7 Å². The van der Waals surface area contributed by atoms with Crippen LogP contribution in [-0.4, -0.2) is 0 Å². The van der Waals surface area contributed by atoms with Gasteiger partial charge in [-0.05, 0) is 36.1 Å². The summed E-state index contributed by atoms with van der Waals surface area (Å²) >= 11 is 1.43. The molecule has 6 N–H and O–H groups in total. The van der Waals surface area contributed by atoms with E-state index in [4.69, 9.17) is 17.2 Å². The molecule has 0 aliphatic rings. The monoisotopic (exact) mass is 263 g/mol. The highest BCUT2D eigenvalue weighted by molar-refractivity contribution is 7.07. The van der Waals surface area contributed by atoms with Crippen molar-refractivity contribution in [2.24, 2.45) is 17.2 Å². The van der Waals surface area contributed by atoms with E-state index in [2.05, 4.69) is 0 Å². The minimum Gasteiger partial charge on any atom is -0.397 e. The summed E-state index contributed by atoms with van der Waals surface area (Å²) in [5.74, 6) is -0.107. The summed E-state index contributed by atoms with van der Waals surface area (Å²) < 4.78 is 14.1. The van der Waals surface area contributed by atoms with Crippen LogP contribution < -0.4 is 27.0 Å². The second-order valence-electron chi connectivity index (χ2n) is 3.99. The molecule has 0 unspecified atom stereocenters. The molecule has 94 valence electrons. The van der Waals surface area contributed by atoms with Crippen LogP contribution in [0.25, 0.3) is 11.5 Å². The Kier molecular flexibility index (Phi) is 3.25. The lowest BCUT2D eigenvalue weighted by Crippen LogP contribution is -2.32. The van der Waals surface area contributed by atoms with Gasteiger partial charge in [-0.1, -0.05) is 6.07 Å². The quantitative estimate of drug-likeness (QED) is 0.692. The molecule has 0 amide bonds. The number of nitrogens with two attached hydrogens (primary N) is 3. The van der Waals surface area contributed by atoms with Gasteiger partial charge >= 0.3 is 0 Å². The Labute approximate surface area is 108 Å². The van der Waals surface area contributed by atoms with Gasteiger partial charge in [-0.2, -0.15) is 0 Å². The van der Waals surface area contributed by atoms with Crippen molar-refractivity contribution in [1.29, 1.82) is 0 Å². The van der Waals surface area contributed by atoms with E-state index in [0.29, 0.717) is 16.5 Å². The Hall–Kier alpha value is -2.01. The number of thiophene rings is 1. The van der Waals surface area contributed by atoms with Crippen molar-refractivity contribution in [3.63, 3.8) is 0 Å². The lowest BCUT2D eigenvalue weighted by molar-refractivity contribution is 0.627. The first-order valence-electron chi connectivity index (χ1n) is 5.35. The Morgan fingerprint density at radius 2 is 1.89 bits per heavy atom. The molecule has 2 rings (SSSR count). The molecule has 5 heteroatoms. The molecule has 3 nitrogen and oxygen atoms in total. The zero-order valence-electron chi connectivity index (χ0n) is 9.91. The third-order valence-corrected chi connectivity index (χ3v) is 3.66. The molecule has 1 aromatic carbocycles. The number of hydrogen-bond acceptors (Lipinski definition) is 4. The zero-order chi connectivity index (χ0) is 13.3. The maximum Gasteiger partial charge on any atom is 0.123 e. The third kappa shape index (κ3) is 2.17. The summed E-state index contributed by atoms with van der Waals surface area (Å²) in [7, 11) is 0. The summed E-state index contributed by atoms with van der Waals surface area (Å²) in [6, 6.07) is 6.32. The van der Waals surface area contributed by atoms with Gasteiger partial charge in [0.15, 0.2) is 0 Å². The number of halogens is 1. The molecular formula is C13H14FN3S. The molecule has 0 aliphatic heterocycles. The molecule has 0 saturated carbocycles. The van der Waals surface area contributed by atoms with Crippen LogP contribution in [0.5, 0.6) is 0 Å². The van der Waals surface area contributed by atoms with Gasteiger partial charge in [-0.3, -0.25) is 0 Å². The zero-order valence-corrected chi connectivity index (χ0v) is 10.7. The predicted octanol–water partition coefficient (Wildman–Crippen LogP) is 0.294. The molecule has 0 bridgehead atoms. The molecule has 1 heterocycles. The average Bonchev–Trinajstić information content (AvgIpc) is 2.80. The first-order valence-corrected chi connectivity index (χ1v) is 6.23. The fourth-order valence-electron chi connectivity index (χ4n) is 1.75. The van der Waals surface area contributed by atoms with Crippen LogP contribution in [0.2, 0.25) is 0 Å². The molecule has 0 atom stereocenters. The fourth-order valence-corrected chi connectivity index (χ4v) is 2.64. The van der Waals surface area contributed by atoms with E-state index in [-0.39, 0.29) is 11.6 Å². The molecule has 0 radical (unpaired) electrons. The fraction of sp³-hybridized carbons (Fsp3) is 0.0769. The summed E-state index contributed by atoms with van der Waals surface area (Å²) in [5, 5.41) is 2.55. The lowest BCUT2D eigenvalue weighted by atomic mass is 10.1. The van der Waals surface area contributed by atoms with Gasteiger partial charge in [0.1, 0.15) is 11.6 Å². The van der Waals surface area contributed by atoms with E-state index in [1.54, 1.807) is 12.1 Å². The van der Waals surface area contributed by atoms with E-state index < -0.39 is 0 Å². The van der Waals surface area contributed by atoms with E-state index in [9.17, 15) is 4.39 Å². The van der Waals surface area contributed by atoms with Gasteiger partial charge in [0.2, 0.25) is 0 Å². The summed E-state index contributed by atoms with van der Waals surface area (Å²) in [4.78, 5) is 0. The second kappa shape index (κ2) is 4.70. The third-order valence-electron chi connectivity index (χ3n) is 2.71. The van der Waals surface area contributed by atoms with Crippen LogP contribution in [0.4, 0.5) is 4.39 Å². The van der Waals surface area contributed by atoms with E-state index in [0.717, 1.165) is 10.1 Å². The van der Waals surface area contributed by atoms with Crippen LogP contribution in [0.3, 0.4) is 0 Å². The Morgan fingerprint density at radius 3 is 2.56 bits per heavy atom. The van der Waals surface area contributed by atoms with Gasteiger partial charge in [0, 0.05) is 10.8 Å². The predicted molar refractivity (Wildman–Crippen MR) is 73.2 cm³/mol. The van der Waals surface area contributed by atoms with E-state index in [1.165, 1.54) is 23.5 Å². The molecule has 0 spiro atoms. The van der Waals surface area contributed by atoms with Crippen molar-refractivity contribution in [2.75, 3.05) is 0 Å². The average molecular weight is 263 g/mol. The minimum absolute atomic E-state index is 0.211. The number of rotatable bonds is 1. The normalized spacial score (nSPS) is 12.3. The van der Waals surface area contributed by atoms with Gasteiger partial charge in [0.25, 0.3) is 0 Å². The highest BCUT2D eigenvalue weighted by Gasteiger charge is 2.06. The highest BCUT2D eigenvalue weighted by atomic mass is 32.1. The van der Waals surface area contributed by atoms with Gasteiger partial charge < -0.3 is 17.2 Å². The molecule has 0 fully saturated rings. The van der Waals surface area contributed by atoms with E-state index in [1.807, 2.05) is 12.3 Å². The number of benzene rings is 1. The van der Waals surface area contributed by atoms with Crippen LogP contribution >= 0.6 is 11.3 Å². The van der Waals surface area contributed by atoms with Crippen LogP contribution in [0.1, 0.15) is 11.1 Å². The summed E-state index contributed by atoms with van der Waals surface area (Å²) in [6.45, 7) is 1.88. The Bertz CT molecular complexity index is 699. The molecule has 0 saturated heterocycles. The smallest absolute Gasteiger partial charge is 0.123 e. The van der Waals surface area contributed by atoms with Crippen LogP contribution in [-0.2, 0) is 0 Å². The Balaban J connectivity index is 2.82. The molecule has 1 aromatic heterocycles. The molecule has 18 heavy (non-hydrogen) atoms. The maximum atomic E-state index is 13.3. The highest BCUT2D eigenvalue weighted by Crippen LogP contribution is 2.14. The topological polar surface area (TPSA) is 78.1 Å². The van der Waals surface area contributed by atoms with Crippen molar-refractivity contribution in [2.45, 2.75) is 6.92 Å². The Morgan fingerprint density at radius 1 is 1.17 bits per heavy atom. The first kappa shape index (κ1) is 12.4. The van der Waals surface area contributed by atoms with Gasteiger partial charge in [-0.25, -0.2) is 4.39 Å².